The lowest BCUT2D eigenvalue weighted by molar-refractivity contribution is -0.120. The van der Waals surface area contributed by atoms with Gasteiger partial charge in [-0.2, -0.15) is 0 Å². The van der Waals surface area contributed by atoms with E-state index in [2.05, 4.69) is 5.32 Å². The molecule has 1 fully saturated rings. The van der Waals surface area contributed by atoms with Gasteiger partial charge in [-0.3, -0.25) is 4.79 Å². The van der Waals surface area contributed by atoms with Gasteiger partial charge < -0.3 is 15.0 Å². The summed E-state index contributed by atoms with van der Waals surface area (Å²) in [6.07, 6.45) is 7.12. The van der Waals surface area contributed by atoms with Gasteiger partial charge in [-0.05, 0) is 43.0 Å². The molecule has 0 atom stereocenters. The van der Waals surface area contributed by atoms with Gasteiger partial charge in [-0.1, -0.05) is 49.6 Å². The van der Waals surface area contributed by atoms with Crippen LogP contribution in [-0.4, -0.2) is 11.9 Å². The number of hydrogen-bond acceptors (Lipinski definition) is 3. The van der Waals surface area contributed by atoms with Crippen molar-refractivity contribution in [2.45, 2.75) is 51.6 Å². The van der Waals surface area contributed by atoms with Crippen LogP contribution in [0.4, 0.5) is 10.1 Å². The van der Waals surface area contributed by atoms with E-state index in [0.29, 0.717) is 12.2 Å². The predicted molar refractivity (Wildman–Crippen MR) is 107 cm³/mol. The number of rotatable bonds is 4. The molecule has 0 radical (unpaired) electrons. The molecule has 0 saturated heterocycles. The van der Waals surface area contributed by atoms with Crippen molar-refractivity contribution in [3.05, 3.63) is 71.4 Å². The molecule has 146 valence electrons. The Bertz CT molecular complexity index is 903. The Labute approximate surface area is 165 Å². The molecule has 5 heteroatoms. The number of carbonyl (C=O) groups excluding carboxylic acids is 1. The number of halogens is 1. The van der Waals surface area contributed by atoms with E-state index in [-0.39, 0.29) is 23.5 Å². The van der Waals surface area contributed by atoms with Crippen molar-refractivity contribution < 1.29 is 13.9 Å². The van der Waals surface area contributed by atoms with Crippen molar-refractivity contribution in [2.75, 3.05) is 4.90 Å². The van der Waals surface area contributed by atoms with Crippen LogP contribution in [0.5, 0.6) is 5.75 Å². The summed E-state index contributed by atoms with van der Waals surface area (Å²) < 4.78 is 20.1. The van der Waals surface area contributed by atoms with Gasteiger partial charge in [-0.15, -0.1) is 0 Å². The number of carbonyl (C=O) groups is 1. The summed E-state index contributed by atoms with van der Waals surface area (Å²) in [4.78, 5) is 14.7. The van der Waals surface area contributed by atoms with Crippen LogP contribution in [0.15, 0.2) is 54.4 Å². The van der Waals surface area contributed by atoms with Gasteiger partial charge in [0.2, 0.25) is 5.76 Å². The average molecular weight is 380 g/mol. The molecule has 1 aliphatic carbocycles. The molecular formula is C23H25FN2O2. The smallest absolute Gasteiger partial charge is 0.288 e. The number of amides is 1. The number of anilines is 1. The standard InChI is InChI=1S/C23H25FN2O2/c1-16-8-5-6-9-17(16)14-26-15-21(23(27)25-18-10-3-2-4-11-18)28-22-19(24)12-7-13-20(22)26/h5-9,12-13,15,18H,2-4,10-11,14H2,1H3,(H,25,27). The fourth-order valence-electron chi connectivity index (χ4n) is 3.88. The second-order valence-electron chi connectivity index (χ2n) is 7.55. The van der Waals surface area contributed by atoms with Gasteiger partial charge in [-0.25, -0.2) is 4.39 Å². The maximum Gasteiger partial charge on any atom is 0.288 e. The molecule has 0 aromatic heterocycles. The summed E-state index contributed by atoms with van der Waals surface area (Å²) in [6.45, 7) is 2.58. The Morgan fingerprint density at radius 1 is 1.14 bits per heavy atom. The van der Waals surface area contributed by atoms with E-state index in [9.17, 15) is 9.18 Å². The van der Waals surface area contributed by atoms with Gasteiger partial charge in [0.25, 0.3) is 5.91 Å². The molecule has 1 amide bonds. The van der Waals surface area contributed by atoms with Gasteiger partial charge >= 0.3 is 0 Å². The van der Waals surface area contributed by atoms with Crippen molar-refractivity contribution in [3.8, 4) is 5.75 Å². The van der Waals surface area contributed by atoms with Crippen molar-refractivity contribution in [3.63, 3.8) is 0 Å². The first-order valence-corrected chi connectivity index (χ1v) is 9.92. The molecule has 1 heterocycles. The number of fused-ring (bicyclic) bond motifs is 1. The largest absolute Gasteiger partial charge is 0.445 e. The Balaban J connectivity index is 1.62. The average Bonchev–Trinajstić information content (AvgIpc) is 2.71. The molecule has 2 aliphatic rings. The zero-order valence-electron chi connectivity index (χ0n) is 16.1. The van der Waals surface area contributed by atoms with E-state index < -0.39 is 5.82 Å². The maximum atomic E-state index is 14.4. The van der Waals surface area contributed by atoms with Crippen LogP contribution >= 0.6 is 0 Å². The molecule has 4 rings (SSSR count). The van der Waals surface area contributed by atoms with Crippen LogP contribution in [0.25, 0.3) is 0 Å². The summed E-state index contributed by atoms with van der Waals surface area (Å²) in [5.74, 6) is -0.511. The Kier molecular flexibility index (Phi) is 5.33. The normalized spacial score (nSPS) is 16.8. The topological polar surface area (TPSA) is 41.6 Å². The third kappa shape index (κ3) is 3.88. The Morgan fingerprint density at radius 2 is 1.93 bits per heavy atom. The Morgan fingerprint density at radius 3 is 2.71 bits per heavy atom. The molecule has 0 spiro atoms. The van der Waals surface area contributed by atoms with Crippen LogP contribution in [0, 0.1) is 12.7 Å². The second kappa shape index (κ2) is 8.05. The van der Waals surface area contributed by atoms with Crippen molar-refractivity contribution in [1.29, 1.82) is 0 Å². The highest BCUT2D eigenvalue weighted by molar-refractivity contribution is 5.93. The van der Waals surface area contributed by atoms with Crippen LogP contribution in [-0.2, 0) is 11.3 Å². The highest BCUT2D eigenvalue weighted by atomic mass is 19.1. The number of para-hydroxylation sites is 1. The fraction of sp³-hybridized carbons (Fsp3) is 0.348. The zero-order chi connectivity index (χ0) is 19.5. The van der Waals surface area contributed by atoms with E-state index in [4.69, 9.17) is 4.74 Å². The fourth-order valence-corrected chi connectivity index (χ4v) is 3.88. The lowest BCUT2D eigenvalue weighted by Crippen LogP contribution is -2.39. The second-order valence-corrected chi connectivity index (χ2v) is 7.55. The zero-order valence-corrected chi connectivity index (χ0v) is 16.1. The van der Waals surface area contributed by atoms with E-state index in [1.54, 1.807) is 12.3 Å². The summed E-state index contributed by atoms with van der Waals surface area (Å²) >= 11 is 0. The number of nitrogens with one attached hydrogen (secondary N) is 1. The minimum atomic E-state index is -0.469. The third-order valence-corrected chi connectivity index (χ3v) is 5.51. The molecule has 2 aromatic rings. The number of aryl methyl sites for hydroxylation is 1. The quantitative estimate of drug-likeness (QED) is 0.827. The minimum Gasteiger partial charge on any atom is -0.445 e. The summed E-state index contributed by atoms with van der Waals surface area (Å²) in [6, 6.07) is 13.0. The van der Waals surface area contributed by atoms with Crippen molar-refractivity contribution >= 4 is 11.6 Å². The monoisotopic (exact) mass is 380 g/mol. The van der Waals surface area contributed by atoms with Crippen LogP contribution in [0.2, 0.25) is 0 Å². The van der Waals surface area contributed by atoms with Gasteiger partial charge in [0.15, 0.2) is 11.6 Å². The molecule has 2 aromatic carbocycles. The number of benzene rings is 2. The summed E-state index contributed by atoms with van der Waals surface area (Å²) in [5.41, 5.74) is 2.88. The molecule has 0 bridgehead atoms. The third-order valence-electron chi connectivity index (χ3n) is 5.51. The van der Waals surface area contributed by atoms with E-state index in [0.717, 1.165) is 36.8 Å². The van der Waals surface area contributed by atoms with Crippen LogP contribution in [0.1, 0.15) is 43.2 Å². The van der Waals surface area contributed by atoms with Crippen LogP contribution in [0.3, 0.4) is 0 Å². The Hall–Kier alpha value is -2.82. The lowest BCUT2D eigenvalue weighted by atomic mass is 9.95. The highest BCUT2D eigenvalue weighted by Crippen LogP contribution is 2.37. The molecule has 28 heavy (non-hydrogen) atoms. The minimum absolute atomic E-state index is 0.104. The lowest BCUT2D eigenvalue weighted by Gasteiger charge is -2.30. The molecule has 1 aliphatic heterocycles. The maximum absolute atomic E-state index is 14.4. The first-order valence-electron chi connectivity index (χ1n) is 9.92. The highest BCUT2D eigenvalue weighted by Gasteiger charge is 2.28. The molecule has 4 nitrogen and oxygen atoms in total. The van der Waals surface area contributed by atoms with E-state index >= 15 is 0 Å². The first-order chi connectivity index (χ1) is 13.6. The summed E-state index contributed by atoms with van der Waals surface area (Å²) in [5, 5.41) is 3.05. The van der Waals surface area contributed by atoms with Gasteiger partial charge in [0.05, 0.1) is 11.9 Å². The summed E-state index contributed by atoms with van der Waals surface area (Å²) in [7, 11) is 0. The van der Waals surface area contributed by atoms with Gasteiger partial charge in [0.1, 0.15) is 0 Å². The van der Waals surface area contributed by atoms with Crippen LogP contribution < -0.4 is 15.0 Å². The molecule has 1 N–H and O–H groups in total. The predicted octanol–water partition coefficient (Wildman–Crippen LogP) is 4.82. The van der Waals surface area contributed by atoms with Crippen molar-refractivity contribution in [1.82, 2.24) is 5.32 Å². The van der Waals surface area contributed by atoms with Gasteiger partial charge in [0, 0.05) is 12.6 Å². The number of nitrogens with zero attached hydrogens (tertiary/aromatic N) is 1. The molecule has 0 unspecified atom stereocenters. The first kappa shape index (κ1) is 18.5. The van der Waals surface area contributed by atoms with Crippen molar-refractivity contribution in [2.24, 2.45) is 0 Å². The number of hydrogen-bond donors (Lipinski definition) is 1. The SMILES string of the molecule is Cc1ccccc1CN1C=C(C(=O)NC2CCCCC2)Oc2c(F)cccc21. The molecular weight excluding hydrogens is 355 g/mol. The van der Waals surface area contributed by atoms with E-state index in [1.807, 2.05) is 42.2 Å². The molecule has 1 saturated carbocycles. The van der Waals surface area contributed by atoms with E-state index in [1.165, 1.54) is 12.5 Å². The number of ether oxygens (including phenoxy) is 1.